The Morgan fingerprint density at radius 3 is 2.31 bits per heavy atom. The van der Waals surface area contributed by atoms with Gasteiger partial charge in [0, 0.05) is 12.1 Å². The van der Waals surface area contributed by atoms with Gasteiger partial charge in [-0.25, -0.2) is 0 Å². The minimum Gasteiger partial charge on any atom is -0.327 e. The molecule has 0 amide bonds. The maximum Gasteiger partial charge on any atom is 0.272 e. The van der Waals surface area contributed by atoms with Gasteiger partial charge in [-0.05, 0) is 41.5 Å². The average molecular weight is 231 g/mol. The van der Waals surface area contributed by atoms with E-state index in [1.807, 2.05) is 20.8 Å². The molecule has 1 heterocycles. The van der Waals surface area contributed by atoms with Crippen LogP contribution >= 0.6 is 0 Å². The number of nitrogens with one attached hydrogen (secondary N) is 1. The second-order valence-corrected chi connectivity index (χ2v) is 6.24. The number of ether oxygens (including phenoxy) is 3. The summed E-state index contributed by atoms with van der Waals surface area (Å²) in [4.78, 5) is 0. The lowest BCUT2D eigenvalue weighted by molar-refractivity contribution is -0.275. The van der Waals surface area contributed by atoms with E-state index < -0.39 is 6.48 Å². The summed E-state index contributed by atoms with van der Waals surface area (Å²) in [7, 11) is 0. The molecule has 16 heavy (non-hydrogen) atoms. The summed E-state index contributed by atoms with van der Waals surface area (Å²) < 4.78 is 16.6. The molecule has 1 aliphatic rings. The van der Waals surface area contributed by atoms with Gasteiger partial charge < -0.3 is 19.5 Å². The zero-order chi connectivity index (χ0) is 12.4. The van der Waals surface area contributed by atoms with E-state index in [1.54, 1.807) is 0 Å². The van der Waals surface area contributed by atoms with Gasteiger partial charge in [-0.2, -0.15) is 0 Å². The highest BCUT2D eigenvalue weighted by Gasteiger charge is 2.30. The predicted octanol–water partition coefficient (Wildman–Crippen LogP) is 1.89. The first kappa shape index (κ1) is 13.9. The Morgan fingerprint density at radius 2 is 1.81 bits per heavy atom. The van der Waals surface area contributed by atoms with Crippen LogP contribution in [0.15, 0.2) is 0 Å². The number of rotatable bonds is 3. The summed E-state index contributed by atoms with van der Waals surface area (Å²) in [5.74, 6) is 0. The van der Waals surface area contributed by atoms with Crippen LogP contribution in [0.25, 0.3) is 0 Å². The summed E-state index contributed by atoms with van der Waals surface area (Å²) >= 11 is 0. The molecule has 0 aliphatic carbocycles. The van der Waals surface area contributed by atoms with Gasteiger partial charge >= 0.3 is 0 Å². The SMILES string of the molecule is CC(C)(C)NCC1COC(OC(C)(C)C)O1. The molecule has 1 fully saturated rings. The summed E-state index contributed by atoms with van der Waals surface area (Å²) in [5.41, 5.74) is -0.136. The average Bonchev–Trinajstić information content (AvgIpc) is 2.44. The Labute approximate surface area is 98.6 Å². The molecule has 1 saturated heterocycles. The van der Waals surface area contributed by atoms with Crippen LogP contribution in [0.3, 0.4) is 0 Å². The molecule has 0 aromatic rings. The van der Waals surface area contributed by atoms with Crippen molar-refractivity contribution >= 4 is 0 Å². The lowest BCUT2D eigenvalue weighted by Crippen LogP contribution is -2.41. The summed E-state index contributed by atoms with van der Waals surface area (Å²) in [6, 6.07) is 0. The first-order valence-corrected chi connectivity index (χ1v) is 5.86. The highest BCUT2D eigenvalue weighted by molar-refractivity contribution is 4.75. The lowest BCUT2D eigenvalue weighted by atomic mass is 10.1. The van der Waals surface area contributed by atoms with E-state index >= 15 is 0 Å². The van der Waals surface area contributed by atoms with Crippen LogP contribution in [-0.4, -0.2) is 36.9 Å². The molecule has 4 nitrogen and oxygen atoms in total. The van der Waals surface area contributed by atoms with Gasteiger partial charge in [-0.1, -0.05) is 0 Å². The third-order valence-corrected chi connectivity index (χ3v) is 2.03. The van der Waals surface area contributed by atoms with Crippen LogP contribution in [0, 0.1) is 0 Å². The summed E-state index contributed by atoms with van der Waals surface area (Å²) in [6.45, 7) is 13.2. The molecular formula is C12H25NO3. The Hall–Kier alpha value is -0.160. The largest absolute Gasteiger partial charge is 0.327 e. The molecule has 0 aromatic heterocycles. The van der Waals surface area contributed by atoms with E-state index in [4.69, 9.17) is 14.2 Å². The molecular weight excluding hydrogens is 206 g/mol. The standard InChI is InChI=1S/C12H25NO3/c1-11(2,3)13-7-9-8-14-10(15-9)16-12(4,5)6/h9-10,13H,7-8H2,1-6H3. The van der Waals surface area contributed by atoms with Gasteiger partial charge in [0.2, 0.25) is 0 Å². The highest BCUT2D eigenvalue weighted by Crippen LogP contribution is 2.19. The molecule has 0 aromatic carbocycles. The van der Waals surface area contributed by atoms with Crippen molar-refractivity contribution in [3.63, 3.8) is 0 Å². The van der Waals surface area contributed by atoms with E-state index in [9.17, 15) is 0 Å². The van der Waals surface area contributed by atoms with Crippen molar-refractivity contribution in [2.45, 2.75) is 65.3 Å². The lowest BCUT2D eigenvalue weighted by Gasteiger charge is -2.24. The van der Waals surface area contributed by atoms with E-state index in [2.05, 4.69) is 26.1 Å². The zero-order valence-electron chi connectivity index (χ0n) is 11.3. The third kappa shape index (κ3) is 5.80. The zero-order valence-corrected chi connectivity index (χ0v) is 11.3. The van der Waals surface area contributed by atoms with E-state index in [1.165, 1.54) is 0 Å². The van der Waals surface area contributed by atoms with Gasteiger partial charge in [0.1, 0.15) is 0 Å². The van der Waals surface area contributed by atoms with E-state index in [0.29, 0.717) is 6.61 Å². The van der Waals surface area contributed by atoms with Crippen LogP contribution in [0.1, 0.15) is 41.5 Å². The van der Waals surface area contributed by atoms with Crippen molar-refractivity contribution in [3.05, 3.63) is 0 Å². The molecule has 0 radical (unpaired) electrons. The van der Waals surface area contributed by atoms with Gasteiger partial charge in [-0.15, -0.1) is 0 Å². The van der Waals surface area contributed by atoms with E-state index in [0.717, 1.165) is 6.54 Å². The first-order chi connectivity index (χ1) is 7.16. The quantitative estimate of drug-likeness (QED) is 0.805. The van der Waals surface area contributed by atoms with Crippen LogP contribution in [0.5, 0.6) is 0 Å². The van der Waals surface area contributed by atoms with E-state index in [-0.39, 0.29) is 17.2 Å². The maximum atomic E-state index is 5.63. The highest BCUT2D eigenvalue weighted by atomic mass is 16.9. The first-order valence-electron chi connectivity index (χ1n) is 5.86. The molecule has 2 atom stereocenters. The number of hydrogen-bond acceptors (Lipinski definition) is 4. The minimum absolute atomic E-state index is 0.0755. The van der Waals surface area contributed by atoms with Crippen molar-refractivity contribution in [2.24, 2.45) is 0 Å². The van der Waals surface area contributed by atoms with Gasteiger partial charge in [0.15, 0.2) is 0 Å². The van der Waals surface area contributed by atoms with Crippen LogP contribution in [0.4, 0.5) is 0 Å². The Bertz CT molecular complexity index is 217. The topological polar surface area (TPSA) is 39.7 Å². The Morgan fingerprint density at radius 1 is 1.19 bits per heavy atom. The minimum atomic E-state index is -0.522. The molecule has 1 rings (SSSR count). The number of hydrogen-bond donors (Lipinski definition) is 1. The van der Waals surface area contributed by atoms with Gasteiger partial charge in [-0.3, -0.25) is 0 Å². The predicted molar refractivity (Wildman–Crippen MR) is 63.2 cm³/mol. The summed E-state index contributed by atoms with van der Waals surface area (Å²) in [5, 5.41) is 3.39. The Kier molecular flexibility index (Phi) is 4.35. The fraction of sp³-hybridized carbons (Fsp3) is 1.00. The molecule has 0 bridgehead atoms. The summed E-state index contributed by atoms with van der Waals surface area (Å²) in [6.07, 6.45) is 0.0755. The molecule has 0 spiro atoms. The van der Waals surface area contributed by atoms with Crippen LogP contribution in [-0.2, 0) is 14.2 Å². The molecule has 1 aliphatic heterocycles. The molecule has 4 heteroatoms. The second-order valence-electron chi connectivity index (χ2n) is 6.24. The van der Waals surface area contributed by atoms with Crippen molar-refractivity contribution in [1.82, 2.24) is 5.32 Å². The van der Waals surface area contributed by atoms with Gasteiger partial charge in [0.25, 0.3) is 6.48 Å². The Balaban J connectivity index is 2.25. The fourth-order valence-corrected chi connectivity index (χ4v) is 1.30. The normalized spacial score (nSPS) is 27.4. The third-order valence-electron chi connectivity index (χ3n) is 2.03. The van der Waals surface area contributed by atoms with Crippen molar-refractivity contribution in [1.29, 1.82) is 0 Å². The van der Waals surface area contributed by atoms with Crippen molar-refractivity contribution in [3.8, 4) is 0 Å². The fourth-order valence-electron chi connectivity index (χ4n) is 1.30. The second kappa shape index (κ2) is 5.00. The van der Waals surface area contributed by atoms with Crippen LogP contribution < -0.4 is 5.32 Å². The smallest absolute Gasteiger partial charge is 0.272 e. The molecule has 0 saturated carbocycles. The van der Waals surface area contributed by atoms with Crippen molar-refractivity contribution in [2.75, 3.05) is 13.2 Å². The maximum absolute atomic E-state index is 5.63. The van der Waals surface area contributed by atoms with Gasteiger partial charge in [0.05, 0.1) is 18.3 Å². The molecule has 2 unspecified atom stereocenters. The molecule has 96 valence electrons. The molecule has 1 N–H and O–H groups in total. The van der Waals surface area contributed by atoms with Crippen molar-refractivity contribution < 1.29 is 14.2 Å². The monoisotopic (exact) mass is 231 g/mol. The van der Waals surface area contributed by atoms with Crippen LogP contribution in [0.2, 0.25) is 0 Å².